The van der Waals surface area contributed by atoms with E-state index in [4.69, 9.17) is 0 Å². The number of amides is 1. The van der Waals surface area contributed by atoms with Crippen LogP contribution in [-0.2, 0) is 4.79 Å². The molecular weight excluding hydrogens is 342 g/mol. The molecule has 1 heterocycles. The Kier molecular flexibility index (Phi) is 4.39. The van der Waals surface area contributed by atoms with E-state index in [9.17, 15) is 4.79 Å². The Balaban J connectivity index is 1.46. The molecule has 2 N–H and O–H groups in total. The second-order valence-corrected chi connectivity index (χ2v) is 7.40. The van der Waals surface area contributed by atoms with Crippen molar-refractivity contribution in [2.24, 2.45) is 4.99 Å². The fourth-order valence-corrected chi connectivity index (χ4v) is 3.90. The van der Waals surface area contributed by atoms with Crippen molar-refractivity contribution in [2.45, 2.75) is 13.8 Å². The van der Waals surface area contributed by atoms with Gasteiger partial charge in [-0.3, -0.25) is 4.79 Å². The lowest BCUT2D eigenvalue weighted by Crippen LogP contribution is -2.18. The molecule has 0 radical (unpaired) electrons. The van der Waals surface area contributed by atoms with Gasteiger partial charge in [0.2, 0.25) is 5.91 Å². The van der Waals surface area contributed by atoms with Gasteiger partial charge in [-0.25, -0.2) is 4.99 Å². The molecule has 4 rings (SSSR count). The van der Waals surface area contributed by atoms with Gasteiger partial charge in [0.05, 0.1) is 17.1 Å². The van der Waals surface area contributed by atoms with E-state index in [-0.39, 0.29) is 5.91 Å². The number of hydrogen-bond acceptors (Lipinski definition) is 4. The molecular formula is C21H19N3OS. The summed E-state index contributed by atoms with van der Waals surface area (Å²) in [5.41, 5.74) is 5.08. The summed E-state index contributed by atoms with van der Waals surface area (Å²) in [6.45, 7) is 4.05. The SMILES string of the molecule is Cc1cc(C)cc(NC(=O)CSC2=Nc3cccc4cccc(c34)N2)c1. The molecule has 26 heavy (non-hydrogen) atoms. The van der Waals surface area contributed by atoms with Crippen LogP contribution in [0.5, 0.6) is 0 Å². The summed E-state index contributed by atoms with van der Waals surface area (Å²) in [4.78, 5) is 17.0. The highest BCUT2D eigenvalue weighted by Gasteiger charge is 2.15. The van der Waals surface area contributed by atoms with E-state index in [0.29, 0.717) is 5.75 Å². The topological polar surface area (TPSA) is 53.5 Å². The summed E-state index contributed by atoms with van der Waals surface area (Å²) in [5.74, 6) is 0.262. The van der Waals surface area contributed by atoms with Crippen molar-refractivity contribution in [3.05, 3.63) is 65.7 Å². The van der Waals surface area contributed by atoms with E-state index in [1.165, 1.54) is 11.8 Å². The van der Waals surface area contributed by atoms with Crippen LogP contribution < -0.4 is 10.6 Å². The van der Waals surface area contributed by atoms with Crippen LogP contribution in [0.2, 0.25) is 0 Å². The van der Waals surface area contributed by atoms with Crippen LogP contribution in [0.15, 0.2) is 59.6 Å². The highest BCUT2D eigenvalue weighted by atomic mass is 32.2. The molecule has 0 bridgehead atoms. The molecule has 5 heteroatoms. The number of thioether (sulfide) groups is 1. The molecule has 1 amide bonds. The first-order valence-electron chi connectivity index (χ1n) is 8.47. The molecule has 0 spiro atoms. The van der Waals surface area contributed by atoms with Gasteiger partial charge >= 0.3 is 0 Å². The number of nitrogens with one attached hydrogen (secondary N) is 2. The monoisotopic (exact) mass is 361 g/mol. The van der Waals surface area contributed by atoms with E-state index < -0.39 is 0 Å². The predicted octanol–water partition coefficient (Wildman–Crippen LogP) is 5.24. The number of nitrogens with zero attached hydrogens (tertiary/aromatic N) is 1. The number of hydrogen-bond donors (Lipinski definition) is 2. The van der Waals surface area contributed by atoms with E-state index in [1.807, 2.05) is 50.2 Å². The Labute approximate surface area is 156 Å². The third-order valence-corrected chi connectivity index (χ3v) is 5.07. The molecule has 4 nitrogen and oxygen atoms in total. The van der Waals surface area contributed by atoms with Crippen molar-refractivity contribution in [2.75, 3.05) is 16.4 Å². The van der Waals surface area contributed by atoms with Gasteiger partial charge in [0.15, 0.2) is 5.17 Å². The van der Waals surface area contributed by atoms with Crippen LogP contribution in [0, 0.1) is 13.8 Å². The number of carbonyl (C=O) groups excluding carboxylic acids is 1. The lowest BCUT2D eigenvalue weighted by atomic mass is 10.1. The summed E-state index contributed by atoms with van der Waals surface area (Å²) in [7, 11) is 0. The average molecular weight is 361 g/mol. The fraction of sp³-hybridized carbons (Fsp3) is 0.143. The minimum Gasteiger partial charge on any atom is -0.334 e. The average Bonchev–Trinajstić information content (AvgIpc) is 2.59. The van der Waals surface area contributed by atoms with E-state index >= 15 is 0 Å². The Morgan fingerprint density at radius 3 is 2.58 bits per heavy atom. The van der Waals surface area contributed by atoms with Crippen molar-refractivity contribution in [3.8, 4) is 0 Å². The summed E-state index contributed by atoms with van der Waals surface area (Å²) in [6, 6.07) is 18.3. The molecule has 1 aliphatic heterocycles. The van der Waals surface area contributed by atoms with E-state index in [0.717, 1.165) is 44.1 Å². The van der Waals surface area contributed by atoms with Gasteiger partial charge in [0.25, 0.3) is 0 Å². The quantitative estimate of drug-likeness (QED) is 0.670. The summed E-state index contributed by atoms with van der Waals surface area (Å²) in [5, 5.41) is 9.32. The number of anilines is 2. The van der Waals surface area contributed by atoms with Crippen LogP contribution in [0.1, 0.15) is 11.1 Å². The maximum atomic E-state index is 12.3. The third-order valence-electron chi connectivity index (χ3n) is 4.19. The second-order valence-electron chi connectivity index (χ2n) is 6.44. The molecule has 130 valence electrons. The van der Waals surface area contributed by atoms with Crippen LogP contribution in [0.4, 0.5) is 17.1 Å². The Morgan fingerprint density at radius 1 is 1.08 bits per heavy atom. The zero-order valence-electron chi connectivity index (χ0n) is 14.7. The first-order chi connectivity index (χ1) is 12.6. The van der Waals surface area contributed by atoms with Gasteiger partial charge < -0.3 is 10.6 Å². The van der Waals surface area contributed by atoms with Crippen LogP contribution in [-0.4, -0.2) is 16.8 Å². The normalized spacial score (nSPS) is 12.5. The molecule has 0 atom stereocenters. The molecule has 0 aromatic heterocycles. The van der Waals surface area contributed by atoms with E-state index in [2.05, 4.69) is 33.8 Å². The smallest absolute Gasteiger partial charge is 0.234 e. The molecule has 0 fully saturated rings. The highest BCUT2D eigenvalue weighted by Crippen LogP contribution is 2.36. The third kappa shape index (κ3) is 3.44. The van der Waals surface area contributed by atoms with Gasteiger partial charge in [0, 0.05) is 11.1 Å². The zero-order valence-corrected chi connectivity index (χ0v) is 15.5. The molecule has 1 aliphatic rings. The van der Waals surface area contributed by atoms with Crippen molar-refractivity contribution < 1.29 is 4.79 Å². The van der Waals surface area contributed by atoms with Crippen molar-refractivity contribution >= 4 is 50.7 Å². The number of aryl methyl sites for hydroxylation is 2. The number of rotatable bonds is 3. The minimum absolute atomic E-state index is 0.0402. The standard InChI is InChI=1S/C21H19N3OS/c1-13-9-14(2)11-16(10-13)22-19(25)12-26-21-23-17-7-3-5-15-6-4-8-18(24-21)20(15)17/h3-11H,12H2,1-2H3,(H,22,25)(H,23,24). The Hall–Kier alpha value is -2.79. The van der Waals surface area contributed by atoms with Crippen LogP contribution in [0.25, 0.3) is 10.8 Å². The Morgan fingerprint density at radius 2 is 1.81 bits per heavy atom. The highest BCUT2D eigenvalue weighted by molar-refractivity contribution is 8.14. The molecule has 3 aromatic rings. The fourth-order valence-electron chi connectivity index (χ4n) is 3.22. The van der Waals surface area contributed by atoms with E-state index in [1.54, 1.807) is 0 Å². The van der Waals surface area contributed by atoms with Crippen molar-refractivity contribution in [1.82, 2.24) is 0 Å². The first kappa shape index (κ1) is 16.7. The largest absolute Gasteiger partial charge is 0.334 e. The van der Waals surface area contributed by atoms with Gasteiger partial charge in [-0.2, -0.15) is 0 Å². The Bertz CT molecular complexity index is 1020. The van der Waals surface area contributed by atoms with Crippen molar-refractivity contribution in [3.63, 3.8) is 0 Å². The molecule has 0 aliphatic carbocycles. The number of amidine groups is 1. The number of carbonyl (C=O) groups is 1. The number of benzene rings is 3. The summed E-state index contributed by atoms with van der Waals surface area (Å²) in [6.07, 6.45) is 0. The molecule has 0 saturated carbocycles. The van der Waals surface area contributed by atoms with Gasteiger partial charge in [-0.05, 0) is 54.6 Å². The lowest BCUT2D eigenvalue weighted by Gasteiger charge is -2.18. The molecule has 0 unspecified atom stereocenters. The minimum atomic E-state index is -0.0402. The second kappa shape index (κ2) is 6.84. The molecule has 0 saturated heterocycles. The van der Waals surface area contributed by atoms with Gasteiger partial charge in [-0.15, -0.1) is 0 Å². The first-order valence-corrected chi connectivity index (χ1v) is 9.45. The summed E-state index contributed by atoms with van der Waals surface area (Å²) >= 11 is 1.41. The predicted molar refractivity (Wildman–Crippen MR) is 112 cm³/mol. The maximum absolute atomic E-state index is 12.3. The maximum Gasteiger partial charge on any atom is 0.234 e. The van der Waals surface area contributed by atoms with Crippen LogP contribution in [0.3, 0.4) is 0 Å². The lowest BCUT2D eigenvalue weighted by molar-refractivity contribution is -0.113. The van der Waals surface area contributed by atoms with Crippen LogP contribution >= 0.6 is 11.8 Å². The van der Waals surface area contributed by atoms with Gasteiger partial charge in [0.1, 0.15) is 0 Å². The molecule has 3 aromatic carbocycles. The number of aliphatic imine (C=N–C) groups is 1. The summed E-state index contributed by atoms with van der Waals surface area (Å²) < 4.78 is 0. The van der Waals surface area contributed by atoms with Crippen molar-refractivity contribution in [1.29, 1.82) is 0 Å². The van der Waals surface area contributed by atoms with Gasteiger partial charge in [-0.1, -0.05) is 42.1 Å². The zero-order chi connectivity index (χ0) is 18.1.